The molecular formula is C10H15NO. The summed E-state index contributed by atoms with van der Waals surface area (Å²) in [6.45, 7) is 3.08. The van der Waals surface area contributed by atoms with Gasteiger partial charge >= 0.3 is 0 Å². The molecule has 1 heterocycles. The number of fused-ring (bicyclic) bond motifs is 1. The van der Waals surface area contributed by atoms with Crippen molar-refractivity contribution < 1.29 is 4.79 Å². The van der Waals surface area contributed by atoms with Gasteiger partial charge in [-0.25, -0.2) is 0 Å². The van der Waals surface area contributed by atoms with Gasteiger partial charge in [0.15, 0.2) is 0 Å². The molecule has 2 heteroatoms. The summed E-state index contributed by atoms with van der Waals surface area (Å²) >= 11 is 0. The highest BCUT2D eigenvalue weighted by Crippen LogP contribution is 2.42. The number of hydrogen-bond donors (Lipinski definition) is 0. The third-order valence-electron chi connectivity index (χ3n) is 3.33. The van der Waals surface area contributed by atoms with Crippen LogP contribution in [0.3, 0.4) is 0 Å². The van der Waals surface area contributed by atoms with Gasteiger partial charge in [-0.15, -0.1) is 0 Å². The fraction of sp³-hybridized carbons (Fsp3) is 0.800. The molecule has 66 valence electrons. The summed E-state index contributed by atoms with van der Waals surface area (Å²) in [7, 11) is 0. The molecule has 0 N–H and O–H groups in total. The van der Waals surface area contributed by atoms with E-state index in [1.807, 2.05) is 6.21 Å². The molecule has 0 aromatic rings. The molecule has 2 atom stereocenters. The van der Waals surface area contributed by atoms with Crippen molar-refractivity contribution in [2.24, 2.45) is 16.3 Å². The molecule has 1 saturated carbocycles. The van der Waals surface area contributed by atoms with Crippen molar-refractivity contribution in [2.45, 2.75) is 32.6 Å². The number of Topliss-reactive ketones (excluding diaryl/α,β-unsaturated/α-hetero) is 1. The van der Waals surface area contributed by atoms with E-state index in [9.17, 15) is 4.79 Å². The third kappa shape index (κ3) is 1.19. The van der Waals surface area contributed by atoms with Crippen molar-refractivity contribution in [1.29, 1.82) is 0 Å². The number of carbonyl (C=O) groups excluding carboxylic acids is 1. The van der Waals surface area contributed by atoms with Crippen LogP contribution < -0.4 is 0 Å². The summed E-state index contributed by atoms with van der Waals surface area (Å²) in [5.41, 5.74) is 0.198. The van der Waals surface area contributed by atoms with Crippen molar-refractivity contribution in [3.05, 3.63) is 0 Å². The van der Waals surface area contributed by atoms with Crippen molar-refractivity contribution in [3.63, 3.8) is 0 Å². The average Bonchev–Trinajstić information content (AvgIpc) is 2.02. The minimum Gasteiger partial charge on any atom is -0.300 e. The molecule has 1 fully saturated rings. The van der Waals surface area contributed by atoms with Gasteiger partial charge in [0.1, 0.15) is 5.78 Å². The molecule has 0 radical (unpaired) electrons. The Bertz CT molecular complexity index is 234. The SMILES string of the molecule is C[C@]12CN=CC[C@H]1CCC(=O)C2. The zero-order valence-electron chi connectivity index (χ0n) is 7.55. The Labute approximate surface area is 73.1 Å². The Morgan fingerprint density at radius 3 is 3.33 bits per heavy atom. The van der Waals surface area contributed by atoms with Crippen LogP contribution in [0.15, 0.2) is 4.99 Å². The first-order chi connectivity index (χ1) is 5.71. The van der Waals surface area contributed by atoms with Crippen LogP contribution in [-0.4, -0.2) is 18.5 Å². The second-order valence-corrected chi connectivity index (χ2v) is 4.36. The second-order valence-electron chi connectivity index (χ2n) is 4.36. The summed E-state index contributed by atoms with van der Waals surface area (Å²) in [6, 6.07) is 0. The fourth-order valence-electron chi connectivity index (χ4n) is 2.43. The first-order valence-corrected chi connectivity index (χ1v) is 4.71. The first kappa shape index (κ1) is 7.96. The number of nitrogens with zero attached hydrogens (tertiary/aromatic N) is 1. The lowest BCUT2D eigenvalue weighted by Crippen LogP contribution is -2.39. The van der Waals surface area contributed by atoms with E-state index in [2.05, 4.69) is 11.9 Å². The Morgan fingerprint density at radius 1 is 1.67 bits per heavy atom. The van der Waals surface area contributed by atoms with Crippen molar-refractivity contribution in [3.8, 4) is 0 Å². The molecule has 0 spiro atoms. The number of hydrogen-bond acceptors (Lipinski definition) is 2. The van der Waals surface area contributed by atoms with Gasteiger partial charge in [0.2, 0.25) is 0 Å². The standard InChI is InChI=1S/C10H15NO/c1-10-6-9(12)3-2-8(10)4-5-11-7-10/h5,8H,2-4,6-7H2,1H3/t8-,10+/m1/s1. The Balaban J connectivity index is 2.19. The van der Waals surface area contributed by atoms with Crippen LogP contribution in [0, 0.1) is 11.3 Å². The predicted molar refractivity (Wildman–Crippen MR) is 48.4 cm³/mol. The smallest absolute Gasteiger partial charge is 0.133 e. The van der Waals surface area contributed by atoms with Crippen LogP contribution >= 0.6 is 0 Å². The summed E-state index contributed by atoms with van der Waals surface area (Å²) < 4.78 is 0. The number of ketones is 1. The van der Waals surface area contributed by atoms with Gasteiger partial charge in [-0.3, -0.25) is 9.79 Å². The predicted octanol–water partition coefficient (Wildman–Crippen LogP) is 1.84. The Morgan fingerprint density at radius 2 is 2.50 bits per heavy atom. The van der Waals surface area contributed by atoms with Crippen LogP contribution in [0.5, 0.6) is 0 Å². The maximum Gasteiger partial charge on any atom is 0.133 e. The van der Waals surface area contributed by atoms with Gasteiger partial charge in [0, 0.05) is 19.4 Å². The molecule has 0 aromatic heterocycles. The van der Waals surface area contributed by atoms with E-state index in [0.29, 0.717) is 11.7 Å². The molecule has 2 rings (SSSR count). The maximum absolute atomic E-state index is 11.3. The lowest BCUT2D eigenvalue weighted by molar-refractivity contribution is -0.125. The lowest BCUT2D eigenvalue weighted by atomic mass is 9.65. The minimum atomic E-state index is 0.198. The monoisotopic (exact) mass is 165 g/mol. The van der Waals surface area contributed by atoms with Crippen LogP contribution in [0.1, 0.15) is 32.6 Å². The molecule has 12 heavy (non-hydrogen) atoms. The summed E-state index contributed by atoms with van der Waals surface area (Å²) in [4.78, 5) is 15.6. The first-order valence-electron chi connectivity index (χ1n) is 4.71. The topological polar surface area (TPSA) is 29.4 Å². The van der Waals surface area contributed by atoms with Gasteiger partial charge in [-0.1, -0.05) is 6.92 Å². The molecule has 2 aliphatic rings. The zero-order valence-corrected chi connectivity index (χ0v) is 7.55. The van der Waals surface area contributed by atoms with Gasteiger partial charge < -0.3 is 0 Å². The van der Waals surface area contributed by atoms with Gasteiger partial charge in [-0.05, 0) is 30.4 Å². The van der Waals surface area contributed by atoms with Crippen molar-refractivity contribution >= 4 is 12.0 Å². The van der Waals surface area contributed by atoms with E-state index in [4.69, 9.17) is 0 Å². The number of carbonyl (C=O) groups is 1. The van der Waals surface area contributed by atoms with Crippen molar-refractivity contribution in [1.82, 2.24) is 0 Å². The van der Waals surface area contributed by atoms with Crippen LogP contribution in [0.2, 0.25) is 0 Å². The lowest BCUT2D eigenvalue weighted by Gasteiger charge is -2.41. The van der Waals surface area contributed by atoms with E-state index < -0.39 is 0 Å². The molecular weight excluding hydrogens is 150 g/mol. The highest BCUT2D eigenvalue weighted by molar-refractivity contribution is 5.80. The Kier molecular flexibility index (Phi) is 1.78. The van der Waals surface area contributed by atoms with Crippen LogP contribution in [0.4, 0.5) is 0 Å². The summed E-state index contributed by atoms with van der Waals surface area (Å²) in [5, 5.41) is 0. The highest BCUT2D eigenvalue weighted by atomic mass is 16.1. The summed E-state index contributed by atoms with van der Waals surface area (Å²) in [6.07, 6.45) is 5.76. The maximum atomic E-state index is 11.3. The third-order valence-corrected chi connectivity index (χ3v) is 3.33. The van der Waals surface area contributed by atoms with E-state index >= 15 is 0 Å². The molecule has 1 aliphatic carbocycles. The number of aliphatic imine (C=N–C) groups is 1. The largest absolute Gasteiger partial charge is 0.300 e. The molecule has 0 amide bonds. The van der Waals surface area contributed by atoms with Gasteiger partial charge in [0.05, 0.1) is 0 Å². The molecule has 1 aliphatic heterocycles. The van der Waals surface area contributed by atoms with Crippen molar-refractivity contribution in [2.75, 3.05) is 6.54 Å². The molecule has 0 aromatic carbocycles. The zero-order chi connectivity index (χ0) is 8.60. The fourth-order valence-corrected chi connectivity index (χ4v) is 2.43. The van der Waals surface area contributed by atoms with E-state index in [1.54, 1.807) is 0 Å². The molecule has 0 saturated heterocycles. The van der Waals surface area contributed by atoms with Gasteiger partial charge in [0.25, 0.3) is 0 Å². The molecule has 0 unspecified atom stereocenters. The van der Waals surface area contributed by atoms with E-state index in [1.165, 1.54) is 0 Å². The van der Waals surface area contributed by atoms with Gasteiger partial charge in [-0.2, -0.15) is 0 Å². The average molecular weight is 165 g/mol. The number of rotatable bonds is 0. The second kappa shape index (κ2) is 2.68. The quantitative estimate of drug-likeness (QED) is 0.538. The highest BCUT2D eigenvalue weighted by Gasteiger charge is 2.40. The molecule has 0 bridgehead atoms. The van der Waals surface area contributed by atoms with Crippen LogP contribution in [-0.2, 0) is 4.79 Å². The van der Waals surface area contributed by atoms with Crippen LogP contribution in [0.25, 0.3) is 0 Å². The Hall–Kier alpha value is -0.660. The van der Waals surface area contributed by atoms with E-state index in [-0.39, 0.29) is 5.41 Å². The van der Waals surface area contributed by atoms with E-state index in [0.717, 1.165) is 32.2 Å². The molecule has 2 nitrogen and oxygen atoms in total. The summed E-state index contributed by atoms with van der Waals surface area (Å²) in [5.74, 6) is 1.15. The minimum absolute atomic E-state index is 0.198. The normalized spacial score (nSPS) is 41.1.